The molecule has 2 rings (SSSR count). The van der Waals surface area contributed by atoms with E-state index in [9.17, 15) is 4.79 Å². The largest absolute Gasteiger partial charge is 0.299 e. The first-order valence-electron chi connectivity index (χ1n) is 6.62. The van der Waals surface area contributed by atoms with Crippen molar-refractivity contribution in [3.05, 3.63) is 0 Å². The van der Waals surface area contributed by atoms with E-state index in [0.29, 0.717) is 17.1 Å². The second-order valence-electron chi connectivity index (χ2n) is 6.26. The molecule has 2 fully saturated rings. The standard InChI is InChI=1S/C14H24O/c1-11-4-6-12(7-5-11)13(15)10-14(2)8-3-9-14/h11-12H,3-10H2,1-2H3. The maximum Gasteiger partial charge on any atom is 0.136 e. The lowest BCUT2D eigenvalue weighted by Crippen LogP contribution is -2.32. The van der Waals surface area contributed by atoms with Crippen molar-refractivity contribution in [1.82, 2.24) is 0 Å². The van der Waals surface area contributed by atoms with Gasteiger partial charge in [0.25, 0.3) is 0 Å². The van der Waals surface area contributed by atoms with E-state index >= 15 is 0 Å². The van der Waals surface area contributed by atoms with Gasteiger partial charge in [0, 0.05) is 12.3 Å². The third-order valence-electron chi connectivity index (χ3n) is 4.63. The molecule has 0 radical (unpaired) electrons. The molecule has 0 unspecified atom stereocenters. The van der Waals surface area contributed by atoms with Gasteiger partial charge in [-0.2, -0.15) is 0 Å². The molecule has 86 valence electrons. The molecule has 1 heteroatoms. The fraction of sp³-hybridized carbons (Fsp3) is 0.929. The van der Waals surface area contributed by atoms with Gasteiger partial charge in [-0.25, -0.2) is 0 Å². The maximum atomic E-state index is 12.1. The van der Waals surface area contributed by atoms with Gasteiger partial charge < -0.3 is 0 Å². The zero-order chi connectivity index (χ0) is 10.9. The van der Waals surface area contributed by atoms with E-state index in [1.54, 1.807) is 0 Å². The summed E-state index contributed by atoms with van der Waals surface area (Å²) in [7, 11) is 0. The highest BCUT2D eigenvalue weighted by Gasteiger charge is 2.36. The summed E-state index contributed by atoms with van der Waals surface area (Å²) < 4.78 is 0. The van der Waals surface area contributed by atoms with Crippen LogP contribution in [0, 0.1) is 17.3 Å². The molecule has 2 aliphatic carbocycles. The highest BCUT2D eigenvalue weighted by Crippen LogP contribution is 2.44. The van der Waals surface area contributed by atoms with Crippen molar-refractivity contribution in [1.29, 1.82) is 0 Å². The Hall–Kier alpha value is -0.330. The fourth-order valence-electron chi connectivity index (χ4n) is 3.10. The molecule has 0 saturated heterocycles. The third kappa shape index (κ3) is 2.62. The predicted molar refractivity (Wildman–Crippen MR) is 62.7 cm³/mol. The molecule has 0 atom stereocenters. The van der Waals surface area contributed by atoms with Crippen molar-refractivity contribution in [2.45, 2.75) is 65.2 Å². The maximum absolute atomic E-state index is 12.1. The SMILES string of the molecule is CC1CCC(C(=O)CC2(C)CCC2)CC1. The Morgan fingerprint density at radius 1 is 1.20 bits per heavy atom. The molecule has 0 N–H and O–H groups in total. The van der Waals surface area contributed by atoms with Crippen LogP contribution in [-0.4, -0.2) is 5.78 Å². The van der Waals surface area contributed by atoms with E-state index < -0.39 is 0 Å². The van der Waals surface area contributed by atoms with Gasteiger partial charge >= 0.3 is 0 Å². The lowest BCUT2D eigenvalue weighted by atomic mass is 9.65. The molecule has 15 heavy (non-hydrogen) atoms. The molecule has 1 nitrogen and oxygen atoms in total. The van der Waals surface area contributed by atoms with Crippen LogP contribution in [0.5, 0.6) is 0 Å². The van der Waals surface area contributed by atoms with Crippen molar-refractivity contribution in [2.24, 2.45) is 17.3 Å². The van der Waals surface area contributed by atoms with Crippen LogP contribution in [0.3, 0.4) is 0 Å². The molecule has 0 aliphatic heterocycles. The molecule has 2 saturated carbocycles. The normalized spacial score (nSPS) is 34.5. The van der Waals surface area contributed by atoms with Crippen molar-refractivity contribution in [3.63, 3.8) is 0 Å². The van der Waals surface area contributed by atoms with Gasteiger partial charge in [0.2, 0.25) is 0 Å². The fourth-order valence-corrected chi connectivity index (χ4v) is 3.10. The molecule has 0 heterocycles. The van der Waals surface area contributed by atoms with Gasteiger partial charge in [-0.1, -0.05) is 33.1 Å². The average Bonchev–Trinajstić information content (AvgIpc) is 2.16. The van der Waals surface area contributed by atoms with Gasteiger partial charge in [0.15, 0.2) is 0 Å². The molecule has 0 spiro atoms. The number of carbonyl (C=O) groups excluding carboxylic acids is 1. The highest BCUT2D eigenvalue weighted by molar-refractivity contribution is 5.81. The van der Waals surface area contributed by atoms with E-state index in [-0.39, 0.29) is 0 Å². The van der Waals surface area contributed by atoms with E-state index in [2.05, 4.69) is 13.8 Å². The van der Waals surface area contributed by atoms with Crippen LogP contribution in [0.25, 0.3) is 0 Å². The summed E-state index contributed by atoms with van der Waals surface area (Å²) in [5.41, 5.74) is 0.389. The number of Topliss-reactive ketones (excluding diaryl/α,β-unsaturated/α-hetero) is 1. The number of hydrogen-bond donors (Lipinski definition) is 0. The van der Waals surface area contributed by atoms with Crippen molar-refractivity contribution in [2.75, 3.05) is 0 Å². The van der Waals surface area contributed by atoms with Crippen LogP contribution in [0.4, 0.5) is 0 Å². The van der Waals surface area contributed by atoms with Crippen LogP contribution in [0.1, 0.15) is 65.2 Å². The predicted octanol–water partition coefficient (Wildman–Crippen LogP) is 3.96. The molecular formula is C14H24O. The smallest absolute Gasteiger partial charge is 0.136 e. The van der Waals surface area contributed by atoms with Crippen LogP contribution >= 0.6 is 0 Å². The Morgan fingerprint density at radius 2 is 1.80 bits per heavy atom. The van der Waals surface area contributed by atoms with Crippen molar-refractivity contribution >= 4 is 5.78 Å². The number of carbonyl (C=O) groups is 1. The van der Waals surface area contributed by atoms with E-state index in [1.807, 2.05) is 0 Å². The summed E-state index contributed by atoms with van der Waals surface area (Å²) in [5.74, 6) is 1.84. The number of rotatable bonds is 3. The van der Waals surface area contributed by atoms with E-state index in [0.717, 1.165) is 25.2 Å². The summed E-state index contributed by atoms with van der Waals surface area (Å²) >= 11 is 0. The van der Waals surface area contributed by atoms with Crippen molar-refractivity contribution in [3.8, 4) is 0 Å². The summed E-state index contributed by atoms with van der Waals surface area (Å²) in [4.78, 5) is 12.1. The Bertz CT molecular complexity index is 232. The molecule has 2 aliphatic rings. The quantitative estimate of drug-likeness (QED) is 0.686. The topological polar surface area (TPSA) is 17.1 Å². The minimum absolute atomic E-state index is 0.389. The molecular weight excluding hydrogens is 184 g/mol. The van der Waals surface area contributed by atoms with E-state index in [1.165, 1.54) is 32.1 Å². The first-order valence-corrected chi connectivity index (χ1v) is 6.62. The number of ketones is 1. The number of hydrogen-bond acceptors (Lipinski definition) is 1. The molecule has 0 bridgehead atoms. The van der Waals surface area contributed by atoms with Gasteiger partial charge in [0.1, 0.15) is 5.78 Å². The Labute approximate surface area is 93.6 Å². The first kappa shape index (κ1) is 11.2. The lowest BCUT2D eigenvalue weighted by Gasteiger charge is -2.39. The zero-order valence-corrected chi connectivity index (χ0v) is 10.2. The Balaban J connectivity index is 1.80. The van der Waals surface area contributed by atoms with Gasteiger partial charge in [-0.15, -0.1) is 0 Å². The summed E-state index contributed by atoms with van der Waals surface area (Å²) in [6.45, 7) is 4.60. The van der Waals surface area contributed by atoms with Gasteiger partial charge in [0.05, 0.1) is 0 Å². The minimum Gasteiger partial charge on any atom is -0.299 e. The molecule has 0 amide bonds. The molecule has 0 aromatic carbocycles. The third-order valence-corrected chi connectivity index (χ3v) is 4.63. The second kappa shape index (κ2) is 4.27. The van der Waals surface area contributed by atoms with Crippen molar-refractivity contribution < 1.29 is 4.79 Å². The highest BCUT2D eigenvalue weighted by atomic mass is 16.1. The average molecular weight is 208 g/mol. The van der Waals surface area contributed by atoms with Crippen LogP contribution in [0.2, 0.25) is 0 Å². The summed E-state index contributed by atoms with van der Waals surface area (Å²) in [6.07, 6.45) is 9.63. The Morgan fingerprint density at radius 3 is 2.27 bits per heavy atom. The summed E-state index contributed by atoms with van der Waals surface area (Å²) in [5, 5.41) is 0. The Kier molecular flexibility index (Phi) is 3.18. The minimum atomic E-state index is 0.389. The second-order valence-corrected chi connectivity index (χ2v) is 6.26. The monoisotopic (exact) mass is 208 g/mol. The van der Waals surface area contributed by atoms with Gasteiger partial charge in [-0.05, 0) is 37.0 Å². The van der Waals surface area contributed by atoms with Gasteiger partial charge in [-0.3, -0.25) is 4.79 Å². The van der Waals surface area contributed by atoms with Crippen LogP contribution < -0.4 is 0 Å². The zero-order valence-electron chi connectivity index (χ0n) is 10.2. The first-order chi connectivity index (χ1) is 7.09. The lowest BCUT2D eigenvalue weighted by molar-refractivity contribution is -0.127. The molecule has 0 aromatic rings. The van der Waals surface area contributed by atoms with E-state index in [4.69, 9.17) is 0 Å². The molecule has 0 aromatic heterocycles. The summed E-state index contributed by atoms with van der Waals surface area (Å²) in [6, 6.07) is 0. The van der Waals surface area contributed by atoms with Crippen LogP contribution in [0.15, 0.2) is 0 Å². The van der Waals surface area contributed by atoms with Crippen LogP contribution in [-0.2, 0) is 4.79 Å².